The number of hydrogen-bond acceptors (Lipinski definition) is 13. The zero-order chi connectivity index (χ0) is 38.7. The van der Waals surface area contributed by atoms with Crippen LogP contribution in [0.5, 0.6) is 0 Å². The van der Waals surface area contributed by atoms with Crippen LogP contribution in [0.3, 0.4) is 0 Å². The predicted molar refractivity (Wildman–Crippen MR) is 205 cm³/mol. The van der Waals surface area contributed by atoms with Gasteiger partial charge in [0, 0.05) is 292 Å². The van der Waals surface area contributed by atoms with Crippen molar-refractivity contribution >= 4 is 29.3 Å². The predicted octanol–water partition coefficient (Wildman–Crippen LogP) is 3.90. The SMILES string of the molecule is C.C.C=C(C)[C@H](CO)NC(C)C.CC(=O)[C@@H](NC(C)C)[C@@H](C)O.COC(=O)CC[C@H](NC(C)C)C(C)=O.COC(=O)C[C@H](NC(C)C)C(C)=O.[Y].[Y].[Y].[Y].[Y].[Y].[Y].[Y]. The number of ketones is 3. The van der Waals surface area contributed by atoms with Crippen molar-refractivity contribution in [2.45, 2.75) is 179 Å². The van der Waals surface area contributed by atoms with E-state index < -0.39 is 18.2 Å². The fourth-order valence-corrected chi connectivity index (χ4v) is 3.85. The first-order valence-electron chi connectivity index (χ1n) is 16.6. The number of aliphatic hydroxyl groups is 2. The van der Waals surface area contributed by atoms with E-state index in [0.717, 1.165) is 5.57 Å². The molecule has 0 amide bonds. The maximum absolute atomic E-state index is 11.2. The van der Waals surface area contributed by atoms with Gasteiger partial charge in [-0.3, -0.25) is 24.0 Å². The Labute approximate surface area is 556 Å². The minimum atomic E-state index is -0.616. The van der Waals surface area contributed by atoms with E-state index in [-0.39, 0.29) is 355 Å². The largest absolute Gasteiger partial charge is 0.469 e. The molecule has 6 N–H and O–H groups in total. The number of hydrogen-bond donors (Lipinski definition) is 6. The van der Waals surface area contributed by atoms with E-state index in [2.05, 4.69) is 37.3 Å². The molecule has 0 aliphatic carbocycles. The summed E-state index contributed by atoms with van der Waals surface area (Å²) in [6, 6.07) is 0.00371. The maximum Gasteiger partial charge on any atom is 0.307 e. The molecule has 0 aromatic rings. The molecule has 21 heteroatoms. The van der Waals surface area contributed by atoms with E-state index in [9.17, 15) is 24.0 Å². The molecule has 0 aromatic heterocycles. The number of ether oxygens (including phenoxy) is 2. The molecule has 0 spiro atoms. The molecule has 0 bridgehead atoms. The van der Waals surface area contributed by atoms with E-state index in [4.69, 9.17) is 10.2 Å². The molecule has 0 heterocycles. The maximum atomic E-state index is 11.2. The molecule has 8 radical (unpaired) electrons. The third-order valence-corrected chi connectivity index (χ3v) is 6.26. The molecule has 324 valence electrons. The van der Waals surface area contributed by atoms with Gasteiger partial charge in [-0.2, -0.15) is 0 Å². The van der Waals surface area contributed by atoms with E-state index in [0.29, 0.717) is 12.5 Å². The Morgan fingerprint density at radius 1 is 0.534 bits per heavy atom. The first-order valence-corrected chi connectivity index (χ1v) is 16.6. The van der Waals surface area contributed by atoms with Crippen LogP contribution in [0.2, 0.25) is 0 Å². The van der Waals surface area contributed by atoms with Crippen LogP contribution in [0.15, 0.2) is 12.2 Å². The van der Waals surface area contributed by atoms with Gasteiger partial charge < -0.3 is 41.0 Å². The Morgan fingerprint density at radius 3 is 1.03 bits per heavy atom. The van der Waals surface area contributed by atoms with Gasteiger partial charge in [0.05, 0.1) is 57.5 Å². The van der Waals surface area contributed by atoms with Gasteiger partial charge in [-0.15, -0.1) is 0 Å². The molecule has 13 nitrogen and oxygen atoms in total. The second-order valence-corrected chi connectivity index (χ2v) is 12.9. The summed E-state index contributed by atoms with van der Waals surface area (Å²) in [5.74, 6) is -0.648. The first-order chi connectivity index (χ1) is 22.0. The summed E-state index contributed by atoms with van der Waals surface area (Å²) < 4.78 is 8.99. The fourth-order valence-electron chi connectivity index (χ4n) is 3.85. The van der Waals surface area contributed by atoms with Gasteiger partial charge in [0.1, 0.15) is 17.3 Å². The Kier molecular flexibility index (Phi) is 115. The zero-order valence-corrected chi connectivity index (χ0v) is 59.8. The molecule has 0 aromatic carbocycles. The number of nitrogens with one attached hydrogen (secondary N) is 4. The summed E-state index contributed by atoms with van der Waals surface area (Å²) in [7, 11) is 2.66. The summed E-state index contributed by atoms with van der Waals surface area (Å²) >= 11 is 0. The average Bonchev–Trinajstić information content (AvgIpc) is 2.95. The quantitative estimate of drug-likeness (QED) is 0.0808. The van der Waals surface area contributed by atoms with Crippen molar-refractivity contribution in [3.63, 3.8) is 0 Å². The standard InChI is InChI=1S/C10H19NO3.C9H17NO3.C8H17NO2.C8H17NO.2CH4.8Y/c1-7(2)11-9(8(3)12)5-6-10(13)14-4;1-6(2)10-8(7(3)11)5-9(12)13-4;1-5(2)9-8(6(3)10)7(4)11;1-6(2)8(5-10)9-7(3)4;;;;;;;;;;/h7,9,11H,5-6H2,1-4H3;6,8,10H,5H2,1-4H3;5-6,8-10H,1-4H3;7-10H,1,5H2,2-4H3;2*1H4;;;;;;;;/t9-;8-;6-,8+;8-;;;;;;;;;;/m0010........../s1. The molecule has 0 aliphatic rings. The normalized spacial score (nSPS) is 11.4. The number of carbonyl (C=O) groups is 5. The second-order valence-electron chi connectivity index (χ2n) is 12.9. The molecule has 58 heavy (non-hydrogen) atoms. The number of aliphatic hydroxyl groups excluding tert-OH is 2. The summed E-state index contributed by atoms with van der Waals surface area (Å²) in [6.45, 7) is 27.6. The molecular weight excluding hydrogens is 1360 g/mol. The van der Waals surface area contributed by atoms with Crippen molar-refractivity contribution in [1.29, 1.82) is 0 Å². The minimum absolute atomic E-state index is 0. The zero-order valence-electron chi connectivity index (χ0n) is 37.1. The van der Waals surface area contributed by atoms with E-state index in [1.807, 2.05) is 62.3 Å². The fraction of sp³-hybridized carbons (Fsp3) is 0.811. The van der Waals surface area contributed by atoms with Gasteiger partial charge in [-0.1, -0.05) is 82.4 Å². The van der Waals surface area contributed by atoms with E-state index in [1.165, 1.54) is 35.0 Å². The van der Waals surface area contributed by atoms with Crippen LogP contribution in [0.4, 0.5) is 0 Å². The molecule has 0 saturated carbocycles. The molecular formula is C37H78N4O9Y8. The third-order valence-electron chi connectivity index (χ3n) is 6.26. The molecule has 0 aliphatic heterocycles. The van der Waals surface area contributed by atoms with Crippen LogP contribution in [0.25, 0.3) is 0 Å². The van der Waals surface area contributed by atoms with Gasteiger partial charge in [-0.05, 0) is 41.0 Å². The van der Waals surface area contributed by atoms with Crippen LogP contribution in [-0.4, -0.2) is 115 Å². The van der Waals surface area contributed by atoms with Crippen molar-refractivity contribution < 1.29 is 305 Å². The number of carbonyl (C=O) groups excluding carboxylic acids is 5. The number of Topliss-reactive ketones (excluding diaryl/α,β-unsaturated/α-hetero) is 3. The topological polar surface area (TPSA) is 192 Å². The molecule has 0 saturated heterocycles. The van der Waals surface area contributed by atoms with Crippen molar-refractivity contribution in [1.82, 2.24) is 21.3 Å². The van der Waals surface area contributed by atoms with Crippen molar-refractivity contribution in [3.05, 3.63) is 12.2 Å². The first kappa shape index (κ1) is 102. The van der Waals surface area contributed by atoms with Crippen LogP contribution in [0.1, 0.15) is 124 Å². The number of esters is 2. The smallest absolute Gasteiger partial charge is 0.307 e. The Morgan fingerprint density at radius 2 is 0.845 bits per heavy atom. The summed E-state index contributed by atoms with van der Waals surface area (Å²) in [6.07, 6.45) is 0.264. The third kappa shape index (κ3) is 71.3. The molecule has 5 atom stereocenters. The molecule has 0 unspecified atom stereocenters. The van der Waals surface area contributed by atoms with Crippen LogP contribution in [0, 0.1) is 0 Å². The van der Waals surface area contributed by atoms with Crippen LogP contribution >= 0.6 is 0 Å². The Hall–Kier alpha value is 6.28. The van der Waals surface area contributed by atoms with Gasteiger partial charge >= 0.3 is 11.9 Å². The van der Waals surface area contributed by atoms with E-state index >= 15 is 0 Å². The van der Waals surface area contributed by atoms with Gasteiger partial charge in [0.15, 0.2) is 0 Å². The van der Waals surface area contributed by atoms with Crippen LogP contribution in [-0.2, 0) is 295 Å². The second kappa shape index (κ2) is 65.4. The van der Waals surface area contributed by atoms with Gasteiger partial charge in [0.2, 0.25) is 0 Å². The average molecular weight is 1430 g/mol. The molecule has 0 fully saturated rings. The van der Waals surface area contributed by atoms with E-state index in [1.54, 1.807) is 6.92 Å². The Bertz CT molecular complexity index is 956. The van der Waals surface area contributed by atoms with Gasteiger partial charge in [-0.25, -0.2) is 0 Å². The summed E-state index contributed by atoms with van der Waals surface area (Å²) in [4.78, 5) is 54.9. The number of methoxy groups -OCH3 is 2. The van der Waals surface area contributed by atoms with Crippen molar-refractivity contribution in [2.24, 2.45) is 0 Å². The minimum Gasteiger partial charge on any atom is -0.469 e. The number of rotatable bonds is 19. The molecule has 0 rings (SSSR count). The Balaban J connectivity index is -0.0000000353. The van der Waals surface area contributed by atoms with Gasteiger partial charge in [0.25, 0.3) is 0 Å². The monoisotopic (exact) mass is 1430 g/mol. The summed E-state index contributed by atoms with van der Waals surface area (Å²) in [5.41, 5.74) is 0.983. The van der Waals surface area contributed by atoms with Crippen molar-refractivity contribution in [3.8, 4) is 0 Å². The summed E-state index contributed by atoms with van der Waals surface area (Å²) in [5, 5.41) is 30.2. The van der Waals surface area contributed by atoms with Crippen LogP contribution < -0.4 is 21.3 Å². The van der Waals surface area contributed by atoms with Crippen molar-refractivity contribution in [2.75, 3.05) is 20.8 Å².